The van der Waals surface area contributed by atoms with Crippen molar-refractivity contribution < 1.29 is 28.3 Å². The molecule has 0 saturated heterocycles. The molecule has 2 N–H and O–H groups in total. The zero-order valence-corrected chi connectivity index (χ0v) is 12.7. The van der Waals surface area contributed by atoms with Gasteiger partial charge in [-0.2, -0.15) is 0 Å². The second-order valence-electron chi connectivity index (χ2n) is 5.70. The number of hydrogen-bond donors (Lipinski definition) is 2. The lowest BCUT2D eigenvalue weighted by molar-refractivity contribution is 0.0633. The summed E-state index contributed by atoms with van der Waals surface area (Å²) in [5, 5.41) is 14.7. The molecule has 0 saturated carbocycles. The highest BCUT2D eigenvalue weighted by atomic mass is 19.1. The van der Waals surface area contributed by atoms with Crippen molar-refractivity contribution in [1.82, 2.24) is 5.16 Å². The van der Waals surface area contributed by atoms with E-state index in [0.717, 1.165) is 18.2 Å². The summed E-state index contributed by atoms with van der Waals surface area (Å²) in [6.07, 6.45) is -0.733. The Morgan fingerprint density at radius 2 is 2.00 bits per heavy atom. The van der Waals surface area contributed by atoms with E-state index in [0.29, 0.717) is 0 Å². The summed E-state index contributed by atoms with van der Waals surface area (Å²) in [6, 6.07) is 4.69. The first-order chi connectivity index (χ1) is 10.7. The van der Waals surface area contributed by atoms with Crippen LogP contribution in [0.1, 0.15) is 31.3 Å². The molecule has 0 atom stereocenters. The molecular formula is C15H15FN2O5. The summed E-state index contributed by atoms with van der Waals surface area (Å²) in [6.45, 7) is 5.11. The van der Waals surface area contributed by atoms with Crippen LogP contribution in [0.5, 0.6) is 0 Å². The number of carboxylic acids is 1. The number of ether oxygens (including phenoxy) is 1. The second-order valence-corrected chi connectivity index (χ2v) is 5.70. The molecule has 1 heterocycles. The van der Waals surface area contributed by atoms with Crippen LogP contribution in [0.4, 0.5) is 14.9 Å². The number of amides is 1. The first kappa shape index (κ1) is 16.5. The predicted molar refractivity (Wildman–Crippen MR) is 78.7 cm³/mol. The number of benzene rings is 1. The van der Waals surface area contributed by atoms with Crippen LogP contribution in [-0.4, -0.2) is 27.9 Å². The lowest BCUT2D eigenvalue weighted by Crippen LogP contribution is -2.27. The first-order valence-electron chi connectivity index (χ1n) is 6.65. The summed E-state index contributed by atoms with van der Waals surface area (Å²) in [5.74, 6) is -1.85. The lowest BCUT2D eigenvalue weighted by atomic mass is 10.1. The molecule has 2 aromatic rings. The molecule has 0 fully saturated rings. The van der Waals surface area contributed by atoms with E-state index in [1.807, 2.05) is 0 Å². The molecule has 0 unspecified atom stereocenters. The van der Waals surface area contributed by atoms with Gasteiger partial charge in [-0.15, -0.1) is 0 Å². The number of carbonyl (C=O) groups excluding carboxylic acids is 1. The van der Waals surface area contributed by atoms with Gasteiger partial charge in [0.25, 0.3) is 0 Å². The van der Waals surface area contributed by atoms with Crippen molar-refractivity contribution in [2.75, 3.05) is 5.32 Å². The van der Waals surface area contributed by atoms with Gasteiger partial charge in [0.1, 0.15) is 11.4 Å². The molecule has 1 aromatic carbocycles. The molecule has 0 spiro atoms. The minimum atomic E-state index is -1.28. The molecule has 0 aliphatic heterocycles. The Morgan fingerprint density at radius 3 is 2.57 bits per heavy atom. The van der Waals surface area contributed by atoms with E-state index in [-0.39, 0.29) is 22.7 Å². The number of aromatic nitrogens is 1. The first-order valence-corrected chi connectivity index (χ1v) is 6.65. The van der Waals surface area contributed by atoms with Crippen LogP contribution in [0.15, 0.2) is 28.8 Å². The van der Waals surface area contributed by atoms with Crippen LogP contribution in [0.2, 0.25) is 0 Å². The van der Waals surface area contributed by atoms with Gasteiger partial charge in [-0.1, -0.05) is 5.16 Å². The molecule has 2 rings (SSSR count). The van der Waals surface area contributed by atoms with E-state index in [2.05, 4.69) is 10.5 Å². The Balaban J connectivity index is 2.33. The Bertz CT molecular complexity index is 749. The summed E-state index contributed by atoms with van der Waals surface area (Å²) in [7, 11) is 0. The summed E-state index contributed by atoms with van der Waals surface area (Å²) in [5.41, 5.74) is -0.676. The third kappa shape index (κ3) is 4.29. The fourth-order valence-corrected chi connectivity index (χ4v) is 1.75. The standard InChI is InChI=1S/C15H15FN2O5/c1-15(2,3)22-14(21)17-10-5-4-8(16)6-9(10)12-7-11(13(19)20)18-23-12/h4-7H,1-3H3,(H,17,21)(H,19,20). The monoisotopic (exact) mass is 322 g/mol. The number of carboxylic acid groups (broad SMARTS) is 1. The maximum Gasteiger partial charge on any atom is 0.412 e. The number of anilines is 1. The molecule has 1 amide bonds. The van der Waals surface area contributed by atoms with Gasteiger partial charge >= 0.3 is 12.1 Å². The van der Waals surface area contributed by atoms with E-state index in [4.69, 9.17) is 14.4 Å². The molecule has 7 nitrogen and oxygen atoms in total. The Kier molecular flexibility index (Phi) is 4.35. The Hall–Kier alpha value is -2.90. The van der Waals surface area contributed by atoms with Gasteiger partial charge in [-0.25, -0.2) is 14.0 Å². The zero-order chi connectivity index (χ0) is 17.2. The van der Waals surface area contributed by atoms with Gasteiger partial charge in [-0.3, -0.25) is 5.32 Å². The number of nitrogens with zero attached hydrogens (tertiary/aromatic N) is 1. The van der Waals surface area contributed by atoms with Crippen LogP contribution in [0.25, 0.3) is 11.3 Å². The largest absolute Gasteiger partial charge is 0.476 e. The lowest BCUT2D eigenvalue weighted by Gasteiger charge is -2.20. The molecular weight excluding hydrogens is 307 g/mol. The quantitative estimate of drug-likeness (QED) is 0.896. The Labute approximate surface area is 131 Å². The van der Waals surface area contributed by atoms with Crippen LogP contribution in [-0.2, 0) is 4.74 Å². The van der Waals surface area contributed by atoms with Gasteiger partial charge in [0.15, 0.2) is 11.5 Å². The number of carbonyl (C=O) groups is 2. The highest BCUT2D eigenvalue weighted by molar-refractivity contribution is 5.92. The van der Waals surface area contributed by atoms with E-state index in [1.165, 1.54) is 6.07 Å². The van der Waals surface area contributed by atoms with Crippen molar-refractivity contribution in [3.63, 3.8) is 0 Å². The highest BCUT2D eigenvalue weighted by Crippen LogP contribution is 2.30. The summed E-state index contributed by atoms with van der Waals surface area (Å²) in [4.78, 5) is 22.7. The fourth-order valence-electron chi connectivity index (χ4n) is 1.75. The molecule has 0 radical (unpaired) electrons. The van der Waals surface area contributed by atoms with Crippen LogP contribution in [0.3, 0.4) is 0 Å². The van der Waals surface area contributed by atoms with Crippen molar-refractivity contribution in [2.24, 2.45) is 0 Å². The number of aromatic carboxylic acids is 1. The van der Waals surface area contributed by atoms with E-state index in [1.54, 1.807) is 20.8 Å². The molecule has 8 heteroatoms. The highest BCUT2D eigenvalue weighted by Gasteiger charge is 2.20. The van der Waals surface area contributed by atoms with Crippen molar-refractivity contribution in [1.29, 1.82) is 0 Å². The number of halogens is 1. The van der Waals surface area contributed by atoms with Crippen molar-refractivity contribution in [3.05, 3.63) is 35.8 Å². The third-order valence-electron chi connectivity index (χ3n) is 2.61. The van der Waals surface area contributed by atoms with Crippen LogP contribution in [0, 0.1) is 5.82 Å². The molecule has 23 heavy (non-hydrogen) atoms. The van der Waals surface area contributed by atoms with Crippen LogP contribution < -0.4 is 5.32 Å². The molecule has 0 bridgehead atoms. The van der Waals surface area contributed by atoms with E-state index >= 15 is 0 Å². The maximum atomic E-state index is 13.5. The van der Waals surface area contributed by atoms with Crippen molar-refractivity contribution in [3.8, 4) is 11.3 Å². The van der Waals surface area contributed by atoms with Gasteiger partial charge in [-0.05, 0) is 39.0 Å². The van der Waals surface area contributed by atoms with E-state index in [9.17, 15) is 14.0 Å². The number of nitrogens with one attached hydrogen (secondary N) is 1. The molecule has 122 valence electrons. The van der Waals surface area contributed by atoms with E-state index < -0.39 is 23.5 Å². The van der Waals surface area contributed by atoms with Crippen molar-refractivity contribution in [2.45, 2.75) is 26.4 Å². The van der Waals surface area contributed by atoms with Gasteiger partial charge in [0, 0.05) is 11.6 Å². The topological polar surface area (TPSA) is 102 Å². The second kappa shape index (κ2) is 6.07. The molecule has 1 aromatic heterocycles. The average Bonchev–Trinajstić information content (AvgIpc) is 2.88. The SMILES string of the molecule is CC(C)(C)OC(=O)Nc1ccc(F)cc1-c1cc(C(=O)O)no1. The summed E-state index contributed by atoms with van der Waals surface area (Å²) < 4.78 is 23.5. The molecule has 0 aliphatic carbocycles. The summed E-state index contributed by atoms with van der Waals surface area (Å²) >= 11 is 0. The van der Waals surface area contributed by atoms with Crippen molar-refractivity contribution >= 4 is 17.7 Å². The number of rotatable bonds is 3. The average molecular weight is 322 g/mol. The molecule has 0 aliphatic rings. The zero-order valence-electron chi connectivity index (χ0n) is 12.7. The minimum absolute atomic E-state index is 0.00737. The Morgan fingerprint density at radius 1 is 1.30 bits per heavy atom. The van der Waals surface area contributed by atoms with Crippen LogP contribution >= 0.6 is 0 Å². The predicted octanol–water partition coefficient (Wildman–Crippen LogP) is 3.53. The van der Waals surface area contributed by atoms with Gasteiger partial charge < -0.3 is 14.4 Å². The third-order valence-corrected chi connectivity index (χ3v) is 2.61. The normalized spacial score (nSPS) is 11.1. The smallest absolute Gasteiger partial charge is 0.412 e. The fraction of sp³-hybridized carbons (Fsp3) is 0.267. The maximum absolute atomic E-state index is 13.5. The van der Waals surface area contributed by atoms with Gasteiger partial charge in [0.05, 0.1) is 5.69 Å². The minimum Gasteiger partial charge on any atom is -0.476 e. The van der Waals surface area contributed by atoms with Gasteiger partial charge in [0.2, 0.25) is 0 Å². The number of hydrogen-bond acceptors (Lipinski definition) is 5.